The predicted molar refractivity (Wildman–Crippen MR) is 73.4 cm³/mol. The van der Waals surface area contributed by atoms with E-state index in [1.165, 1.54) is 21.9 Å². The van der Waals surface area contributed by atoms with E-state index in [9.17, 15) is 0 Å². The van der Waals surface area contributed by atoms with Crippen molar-refractivity contribution in [2.45, 2.75) is 13.3 Å². The van der Waals surface area contributed by atoms with Gasteiger partial charge in [0.2, 0.25) is 0 Å². The number of benzene rings is 2. The second-order valence-electron chi connectivity index (χ2n) is 3.80. The van der Waals surface area contributed by atoms with E-state index in [2.05, 4.69) is 62.1 Å². The van der Waals surface area contributed by atoms with Crippen LogP contribution in [0.5, 0.6) is 0 Å². The van der Waals surface area contributed by atoms with E-state index in [4.69, 9.17) is 0 Å². The molecule has 0 atom stereocenters. The van der Waals surface area contributed by atoms with E-state index >= 15 is 0 Å². The van der Waals surface area contributed by atoms with Gasteiger partial charge in [0.1, 0.15) is 0 Å². The summed E-state index contributed by atoms with van der Waals surface area (Å²) in [5.74, 6) is 0. The molecule has 0 aromatic heterocycles. The maximum Gasteiger partial charge on any atom is -0.0106 e. The second-order valence-corrected chi connectivity index (χ2v) is 3.80. The van der Waals surface area contributed by atoms with E-state index in [-0.39, 0.29) is 0 Å². The third-order valence-corrected chi connectivity index (χ3v) is 2.74. The monoisotopic (exact) mass is 208 g/mol. The summed E-state index contributed by atoms with van der Waals surface area (Å²) in [5.41, 5.74) is 2.47. The molecule has 0 aliphatic heterocycles. The molecule has 0 heterocycles. The van der Waals surface area contributed by atoms with Crippen LogP contribution in [0, 0.1) is 0 Å². The molecule has 2 aromatic rings. The molecule has 0 radical (unpaired) electrons. The van der Waals surface area contributed by atoms with Gasteiger partial charge >= 0.3 is 0 Å². The van der Waals surface area contributed by atoms with Crippen molar-refractivity contribution in [1.82, 2.24) is 0 Å². The van der Waals surface area contributed by atoms with Crippen LogP contribution in [0.2, 0.25) is 0 Å². The summed E-state index contributed by atoms with van der Waals surface area (Å²) in [6, 6.07) is 12.7. The maximum atomic E-state index is 3.87. The summed E-state index contributed by atoms with van der Waals surface area (Å²) in [4.78, 5) is 0. The number of allylic oxidation sites excluding steroid dienone is 1. The highest BCUT2D eigenvalue weighted by Gasteiger charge is 2.01. The lowest BCUT2D eigenvalue weighted by molar-refractivity contribution is 1.23. The van der Waals surface area contributed by atoms with Crippen LogP contribution in [0.3, 0.4) is 0 Å². The van der Waals surface area contributed by atoms with Gasteiger partial charge in [-0.3, -0.25) is 0 Å². The Balaban J connectivity index is 2.72. The molecule has 0 aliphatic rings. The van der Waals surface area contributed by atoms with E-state index in [0.29, 0.717) is 0 Å². The van der Waals surface area contributed by atoms with Gasteiger partial charge in [-0.15, -0.1) is 0 Å². The SMILES string of the molecule is C=Cc1ccc2ccccc2c1C=CCC. The lowest BCUT2D eigenvalue weighted by Crippen LogP contribution is -1.83. The van der Waals surface area contributed by atoms with Crippen LogP contribution in [0.4, 0.5) is 0 Å². The van der Waals surface area contributed by atoms with E-state index in [1.54, 1.807) is 0 Å². The normalized spacial score (nSPS) is 11.1. The number of hydrogen-bond acceptors (Lipinski definition) is 0. The fourth-order valence-electron chi connectivity index (χ4n) is 1.91. The first-order valence-corrected chi connectivity index (χ1v) is 5.67. The van der Waals surface area contributed by atoms with Crippen molar-refractivity contribution < 1.29 is 0 Å². The Labute approximate surface area is 96.9 Å². The molecule has 0 fully saturated rings. The van der Waals surface area contributed by atoms with Gasteiger partial charge in [-0.25, -0.2) is 0 Å². The highest BCUT2D eigenvalue weighted by atomic mass is 14.1. The molecule has 0 bridgehead atoms. The van der Waals surface area contributed by atoms with Gasteiger partial charge in [-0.1, -0.05) is 68.1 Å². The molecule has 0 saturated heterocycles. The topological polar surface area (TPSA) is 0 Å². The molecule has 0 aliphatic carbocycles. The number of rotatable bonds is 3. The minimum atomic E-state index is 1.06. The van der Waals surface area contributed by atoms with Crippen molar-refractivity contribution in [3.63, 3.8) is 0 Å². The average molecular weight is 208 g/mol. The summed E-state index contributed by atoms with van der Waals surface area (Å²) in [5, 5.41) is 2.58. The van der Waals surface area contributed by atoms with Gasteiger partial charge in [0.05, 0.1) is 0 Å². The largest absolute Gasteiger partial charge is 0.0984 e. The fraction of sp³-hybridized carbons (Fsp3) is 0.125. The zero-order chi connectivity index (χ0) is 11.4. The van der Waals surface area contributed by atoms with Crippen molar-refractivity contribution in [3.8, 4) is 0 Å². The lowest BCUT2D eigenvalue weighted by atomic mass is 9.98. The van der Waals surface area contributed by atoms with Gasteiger partial charge in [0.15, 0.2) is 0 Å². The first kappa shape index (κ1) is 10.7. The molecule has 2 aromatic carbocycles. The van der Waals surface area contributed by atoms with Crippen LogP contribution in [-0.4, -0.2) is 0 Å². The Bertz CT molecular complexity index is 533. The first-order chi connectivity index (χ1) is 7.86. The molecular weight excluding hydrogens is 192 g/mol. The molecule has 0 saturated carbocycles. The predicted octanol–water partition coefficient (Wildman–Crippen LogP) is 4.91. The van der Waals surface area contributed by atoms with Crippen LogP contribution in [0.1, 0.15) is 24.5 Å². The molecule has 2 rings (SSSR count). The summed E-state index contributed by atoms with van der Waals surface area (Å²) >= 11 is 0. The Morgan fingerprint density at radius 1 is 1.12 bits per heavy atom. The minimum Gasteiger partial charge on any atom is -0.0984 e. The Kier molecular flexibility index (Phi) is 3.21. The summed E-state index contributed by atoms with van der Waals surface area (Å²) in [6.07, 6.45) is 7.36. The second kappa shape index (κ2) is 4.80. The lowest BCUT2D eigenvalue weighted by Gasteiger charge is -2.06. The zero-order valence-electron chi connectivity index (χ0n) is 9.61. The third-order valence-electron chi connectivity index (χ3n) is 2.74. The first-order valence-electron chi connectivity index (χ1n) is 5.67. The molecule has 0 amide bonds. The van der Waals surface area contributed by atoms with E-state index in [1.807, 2.05) is 6.08 Å². The molecule has 0 unspecified atom stereocenters. The molecule has 16 heavy (non-hydrogen) atoms. The van der Waals surface area contributed by atoms with Gasteiger partial charge in [0, 0.05) is 0 Å². The zero-order valence-corrected chi connectivity index (χ0v) is 9.61. The molecular formula is C16H16. The molecule has 0 spiro atoms. The summed E-state index contributed by atoms with van der Waals surface area (Å²) < 4.78 is 0. The van der Waals surface area contributed by atoms with Crippen molar-refractivity contribution >= 4 is 22.9 Å². The van der Waals surface area contributed by atoms with Crippen LogP contribution < -0.4 is 0 Å². The molecule has 80 valence electrons. The maximum absolute atomic E-state index is 3.87. The minimum absolute atomic E-state index is 1.06. The summed E-state index contributed by atoms with van der Waals surface area (Å²) in [6.45, 7) is 6.02. The standard InChI is InChI=1S/C16H16/c1-3-5-9-15-13(4-2)11-12-14-8-6-7-10-16(14)15/h4-12H,2-3H2,1H3. The van der Waals surface area contributed by atoms with Gasteiger partial charge in [-0.2, -0.15) is 0 Å². The van der Waals surface area contributed by atoms with Crippen molar-refractivity contribution in [2.75, 3.05) is 0 Å². The van der Waals surface area contributed by atoms with Crippen LogP contribution in [-0.2, 0) is 0 Å². The van der Waals surface area contributed by atoms with Crippen LogP contribution >= 0.6 is 0 Å². The van der Waals surface area contributed by atoms with Crippen molar-refractivity contribution in [2.24, 2.45) is 0 Å². The Morgan fingerprint density at radius 3 is 2.69 bits per heavy atom. The third kappa shape index (κ3) is 1.92. The van der Waals surface area contributed by atoms with Crippen molar-refractivity contribution in [1.29, 1.82) is 0 Å². The van der Waals surface area contributed by atoms with E-state index < -0.39 is 0 Å². The van der Waals surface area contributed by atoms with Crippen LogP contribution in [0.15, 0.2) is 49.1 Å². The summed E-state index contributed by atoms with van der Waals surface area (Å²) in [7, 11) is 0. The Morgan fingerprint density at radius 2 is 1.94 bits per heavy atom. The molecule has 0 nitrogen and oxygen atoms in total. The van der Waals surface area contributed by atoms with Gasteiger partial charge < -0.3 is 0 Å². The van der Waals surface area contributed by atoms with Gasteiger partial charge in [0.25, 0.3) is 0 Å². The fourth-order valence-corrected chi connectivity index (χ4v) is 1.91. The molecule has 0 heteroatoms. The highest BCUT2D eigenvalue weighted by Crippen LogP contribution is 2.24. The highest BCUT2D eigenvalue weighted by molar-refractivity contribution is 5.93. The Hall–Kier alpha value is -1.82. The average Bonchev–Trinajstić information content (AvgIpc) is 2.35. The van der Waals surface area contributed by atoms with Crippen LogP contribution in [0.25, 0.3) is 22.9 Å². The quantitative estimate of drug-likeness (QED) is 0.672. The number of hydrogen-bond donors (Lipinski definition) is 0. The smallest absolute Gasteiger partial charge is 0.0106 e. The van der Waals surface area contributed by atoms with E-state index in [0.717, 1.165) is 6.42 Å². The molecule has 0 N–H and O–H groups in total. The van der Waals surface area contributed by atoms with Crippen molar-refractivity contribution in [3.05, 3.63) is 60.2 Å². The number of fused-ring (bicyclic) bond motifs is 1. The van der Waals surface area contributed by atoms with Gasteiger partial charge in [-0.05, 0) is 28.3 Å².